The van der Waals surface area contributed by atoms with E-state index in [2.05, 4.69) is 53.8 Å². The summed E-state index contributed by atoms with van der Waals surface area (Å²) in [6.45, 7) is 7.06. The Bertz CT molecular complexity index is 1550. The number of nitriles is 1. The minimum Gasteiger partial charge on any atom is -0.388 e. The maximum Gasteiger partial charge on any atom is 0.251 e. The van der Waals surface area contributed by atoms with Gasteiger partial charge in [0.1, 0.15) is 24.4 Å². The summed E-state index contributed by atoms with van der Waals surface area (Å²) in [6, 6.07) is 18.0. The number of hydrogen-bond acceptors (Lipinski definition) is 8. The van der Waals surface area contributed by atoms with E-state index in [-0.39, 0.29) is 18.7 Å². The van der Waals surface area contributed by atoms with E-state index in [0.29, 0.717) is 5.69 Å². The van der Waals surface area contributed by atoms with Gasteiger partial charge in [-0.1, -0.05) is 18.2 Å². The zero-order chi connectivity index (χ0) is 29.2. The number of hydrogen-bond donors (Lipinski definition) is 4. The highest BCUT2D eigenvalue weighted by Crippen LogP contribution is 2.31. The maximum atomic E-state index is 13.1. The van der Waals surface area contributed by atoms with Crippen LogP contribution in [0.2, 0.25) is 0 Å². The Morgan fingerprint density at radius 3 is 2.42 bits per heavy atom. The Labute approximate surface area is 234 Å². The molecule has 1 aliphatic rings. The Balaban J connectivity index is 1.59. The van der Waals surface area contributed by atoms with Crippen LogP contribution in [-0.2, 0) is 21.8 Å². The zero-order valence-electron chi connectivity index (χ0n) is 23.1. The van der Waals surface area contributed by atoms with E-state index in [1.54, 1.807) is 19.1 Å². The van der Waals surface area contributed by atoms with E-state index in [1.807, 2.05) is 23.7 Å². The molecule has 11 heteroatoms. The third kappa shape index (κ3) is 5.78. The highest BCUT2D eigenvalue weighted by molar-refractivity contribution is 7.93. The molecule has 2 heterocycles. The van der Waals surface area contributed by atoms with E-state index in [4.69, 9.17) is 4.74 Å². The van der Waals surface area contributed by atoms with Crippen LogP contribution in [0, 0.1) is 11.3 Å². The molecule has 0 spiro atoms. The summed E-state index contributed by atoms with van der Waals surface area (Å²) in [7, 11) is -2.46. The molecule has 0 radical (unpaired) electrons. The molecule has 4 rings (SSSR count). The number of aromatic nitrogens is 1. The maximum absolute atomic E-state index is 13.1. The Morgan fingerprint density at radius 1 is 1.07 bits per heavy atom. The van der Waals surface area contributed by atoms with Crippen LogP contribution in [0.4, 0.5) is 5.69 Å². The number of benzene rings is 2. The van der Waals surface area contributed by atoms with Crippen molar-refractivity contribution in [3.05, 3.63) is 59.1 Å². The minimum atomic E-state index is -4.27. The fourth-order valence-corrected chi connectivity index (χ4v) is 6.28. The number of allylic oxidation sites excluding steroid dienone is 2. The normalized spacial score (nSPS) is 22.1. The second-order valence-corrected chi connectivity index (χ2v) is 11.6. The summed E-state index contributed by atoms with van der Waals surface area (Å²) in [6.07, 6.45) is -5.29. The van der Waals surface area contributed by atoms with Crippen LogP contribution in [0.1, 0.15) is 26.5 Å². The second-order valence-electron chi connectivity index (χ2n) is 9.92. The standard InChI is InChI=1S/C29H36N4O6S/c1-5-33(6-2)22-10-9-19-13-21(8-7-20(19)14-22)24-12-11-23(32(24)4)18(3)27(15-30)40(37,38)31-16-26-29(36)28(35)25(34)17-39-26/h7-14,25-26,28-29,31,34-36H,5-6,16-17H2,1-4H3. The lowest BCUT2D eigenvalue weighted by molar-refractivity contribution is -0.184. The van der Waals surface area contributed by atoms with Gasteiger partial charge in [-0.05, 0) is 67.4 Å². The van der Waals surface area contributed by atoms with Crippen LogP contribution in [0.15, 0.2) is 53.4 Å². The van der Waals surface area contributed by atoms with Gasteiger partial charge in [-0.15, -0.1) is 0 Å². The monoisotopic (exact) mass is 568 g/mol. The van der Waals surface area contributed by atoms with Crippen LogP contribution in [0.25, 0.3) is 27.6 Å². The average molecular weight is 569 g/mol. The lowest BCUT2D eigenvalue weighted by atomic mass is 10.0. The fourth-order valence-electron chi connectivity index (χ4n) is 5.13. The van der Waals surface area contributed by atoms with Gasteiger partial charge in [0.15, 0.2) is 4.91 Å². The first-order valence-electron chi connectivity index (χ1n) is 13.2. The van der Waals surface area contributed by atoms with Gasteiger partial charge in [-0.25, -0.2) is 13.1 Å². The Morgan fingerprint density at radius 2 is 1.75 bits per heavy atom. The van der Waals surface area contributed by atoms with E-state index in [0.717, 1.165) is 35.1 Å². The molecule has 3 aromatic rings. The van der Waals surface area contributed by atoms with Crippen molar-refractivity contribution in [3.8, 4) is 17.3 Å². The number of sulfonamides is 1. The van der Waals surface area contributed by atoms with E-state index < -0.39 is 39.3 Å². The van der Waals surface area contributed by atoms with E-state index >= 15 is 0 Å². The quantitative estimate of drug-likeness (QED) is 0.288. The first-order valence-corrected chi connectivity index (χ1v) is 14.7. The third-order valence-corrected chi connectivity index (χ3v) is 9.03. The summed E-state index contributed by atoms with van der Waals surface area (Å²) in [5, 5.41) is 41.6. The van der Waals surface area contributed by atoms with Gasteiger partial charge < -0.3 is 29.5 Å². The molecular formula is C29H36N4O6S. The van der Waals surface area contributed by atoms with Crippen LogP contribution in [0.5, 0.6) is 0 Å². The molecule has 214 valence electrons. The van der Waals surface area contributed by atoms with Gasteiger partial charge in [-0.2, -0.15) is 5.26 Å². The highest BCUT2D eigenvalue weighted by Gasteiger charge is 2.38. The van der Waals surface area contributed by atoms with Gasteiger partial charge in [-0.3, -0.25) is 0 Å². The van der Waals surface area contributed by atoms with Gasteiger partial charge in [0.25, 0.3) is 10.0 Å². The number of fused-ring (bicyclic) bond motifs is 1. The smallest absolute Gasteiger partial charge is 0.251 e. The van der Waals surface area contributed by atoms with Gasteiger partial charge in [0.2, 0.25) is 0 Å². The molecule has 0 bridgehead atoms. The topological polar surface area (TPSA) is 148 Å². The summed E-state index contributed by atoms with van der Waals surface area (Å²) in [4.78, 5) is 1.83. The third-order valence-electron chi connectivity index (χ3n) is 7.55. The number of nitrogens with one attached hydrogen (secondary N) is 1. The van der Waals surface area contributed by atoms with E-state index in [1.165, 1.54) is 5.69 Å². The molecule has 0 amide bonds. The highest BCUT2D eigenvalue weighted by atomic mass is 32.2. The van der Waals surface area contributed by atoms with Crippen molar-refractivity contribution in [2.45, 2.75) is 45.2 Å². The predicted molar refractivity (Wildman–Crippen MR) is 155 cm³/mol. The first kappa shape index (κ1) is 29.7. The van der Waals surface area contributed by atoms with Crippen molar-refractivity contribution in [1.82, 2.24) is 9.29 Å². The van der Waals surface area contributed by atoms with Gasteiger partial charge >= 0.3 is 0 Å². The molecule has 4 unspecified atom stereocenters. The van der Waals surface area contributed by atoms with Gasteiger partial charge in [0, 0.05) is 49.3 Å². The molecule has 1 saturated heterocycles. The molecule has 1 aliphatic heterocycles. The predicted octanol–water partition coefficient (Wildman–Crippen LogP) is 2.35. The van der Waals surface area contributed by atoms with Crippen molar-refractivity contribution in [3.63, 3.8) is 0 Å². The molecule has 1 fully saturated rings. The molecule has 10 nitrogen and oxygen atoms in total. The number of aliphatic hydroxyl groups excluding tert-OH is 3. The molecular weight excluding hydrogens is 532 g/mol. The number of rotatable bonds is 9. The average Bonchev–Trinajstić information content (AvgIpc) is 3.33. The van der Waals surface area contributed by atoms with Crippen molar-refractivity contribution < 1.29 is 28.5 Å². The van der Waals surface area contributed by atoms with E-state index in [9.17, 15) is 29.0 Å². The number of aliphatic hydroxyl groups is 3. The number of anilines is 1. The molecule has 0 aliphatic carbocycles. The molecule has 0 saturated carbocycles. The van der Waals surface area contributed by atoms with Crippen LogP contribution >= 0.6 is 0 Å². The summed E-state index contributed by atoms with van der Waals surface area (Å²) in [5.74, 6) is 0. The molecule has 4 atom stereocenters. The number of nitrogens with zero attached hydrogens (tertiary/aromatic N) is 3. The van der Waals surface area contributed by atoms with Crippen LogP contribution in [0.3, 0.4) is 0 Å². The van der Waals surface area contributed by atoms with Crippen molar-refractivity contribution in [1.29, 1.82) is 5.26 Å². The molecule has 4 N–H and O–H groups in total. The Hall–Kier alpha value is -3.24. The van der Waals surface area contributed by atoms with Crippen molar-refractivity contribution in [2.24, 2.45) is 7.05 Å². The molecule has 2 aromatic carbocycles. The molecule has 1 aromatic heterocycles. The lowest BCUT2D eigenvalue weighted by Gasteiger charge is -2.35. The van der Waals surface area contributed by atoms with Crippen LogP contribution < -0.4 is 9.62 Å². The number of ether oxygens (including phenoxy) is 1. The fraction of sp³-hybridized carbons (Fsp3) is 0.414. The first-order chi connectivity index (χ1) is 19.0. The SMILES string of the molecule is CCN(CC)c1ccc2cc(-c3ccc(C(C)=C(C#N)S(=O)(=O)NCC4OCC(O)C(O)C4O)n3C)ccc2c1. The zero-order valence-corrected chi connectivity index (χ0v) is 23.9. The summed E-state index contributed by atoms with van der Waals surface area (Å²) in [5.41, 5.74) is 3.80. The minimum absolute atomic E-state index is 0.247. The lowest BCUT2D eigenvalue weighted by Crippen LogP contribution is -2.56. The van der Waals surface area contributed by atoms with Crippen molar-refractivity contribution in [2.75, 3.05) is 31.1 Å². The summed E-state index contributed by atoms with van der Waals surface area (Å²) >= 11 is 0. The largest absolute Gasteiger partial charge is 0.388 e. The van der Waals surface area contributed by atoms with Crippen LogP contribution in [-0.4, -0.2) is 79.0 Å². The van der Waals surface area contributed by atoms with Crippen molar-refractivity contribution >= 4 is 32.1 Å². The summed E-state index contributed by atoms with van der Waals surface area (Å²) < 4.78 is 35.6. The Kier molecular flexibility index (Phi) is 8.99. The second kappa shape index (κ2) is 12.1. The molecule has 40 heavy (non-hydrogen) atoms. The van der Waals surface area contributed by atoms with Gasteiger partial charge in [0.05, 0.1) is 12.7 Å².